The smallest absolute Gasteiger partial charge is 0.390 e. The predicted octanol–water partition coefficient (Wildman–Crippen LogP) is 0.230. The van der Waals surface area contributed by atoms with Crippen LogP contribution in [-0.2, 0) is 10.2 Å². The lowest BCUT2D eigenvalue weighted by Crippen LogP contribution is -2.50. The van der Waals surface area contributed by atoms with Crippen molar-refractivity contribution in [3.05, 3.63) is 0 Å². The van der Waals surface area contributed by atoms with Gasteiger partial charge in [0.2, 0.25) is 0 Å². The molecule has 0 aromatic heterocycles. The molecule has 1 heterocycles. The van der Waals surface area contributed by atoms with Crippen LogP contribution in [0, 0.1) is 0 Å². The zero-order chi connectivity index (χ0) is 13.3. The van der Waals surface area contributed by atoms with Gasteiger partial charge in [0.15, 0.2) is 0 Å². The SMILES string of the molecule is CC1(O)CCN(S(=O)(=O)NCC(F)(F)F)CC1. The number of piperidine rings is 1. The Balaban J connectivity index is 2.55. The molecule has 0 aromatic carbocycles. The lowest BCUT2D eigenvalue weighted by Gasteiger charge is -2.34. The molecule has 2 N–H and O–H groups in total. The number of aliphatic hydroxyl groups is 1. The molecule has 1 aliphatic heterocycles. The van der Waals surface area contributed by atoms with Crippen molar-refractivity contribution < 1.29 is 26.7 Å². The summed E-state index contributed by atoms with van der Waals surface area (Å²) in [6, 6.07) is 0. The normalized spacial score (nSPS) is 22.6. The molecule has 0 bridgehead atoms. The molecule has 102 valence electrons. The standard InChI is InChI=1S/C8H15F3N2O3S/c1-7(14)2-4-13(5-3-7)17(15,16)12-6-8(9,10)11/h12,14H,2-6H2,1H3. The highest BCUT2D eigenvalue weighted by Gasteiger charge is 2.35. The van der Waals surface area contributed by atoms with E-state index in [9.17, 15) is 26.7 Å². The number of halogens is 3. The van der Waals surface area contributed by atoms with Crippen molar-refractivity contribution >= 4 is 10.2 Å². The van der Waals surface area contributed by atoms with Gasteiger partial charge in [-0.3, -0.25) is 0 Å². The van der Waals surface area contributed by atoms with Gasteiger partial charge in [0.05, 0.1) is 5.60 Å². The fraction of sp³-hybridized carbons (Fsp3) is 1.00. The van der Waals surface area contributed by atoms with Gasteiger partial charge in [-0.05, 0) is 19.8 Å². The van der Waals surface area contributed by atoms with Crippen molar-refractivity contribution in [2.75, 3.05) is 19.6 Å². The first-order valence-electron chi connectivity index (χ1n) is 5.06. The van der Waals surface area contributed by atoms with Crippen molar-refractivity contribution in [3.63, 3.8) is 0 Å². The van der Waals surface area contributed by atoms with Crippen LogP contribution < -0.4 is 4.72 Å². The van der Waals surface area contributed by atoms with E-state index in [1.165, 1.54) is 4.72 Å². The van der Waals surface area contributed by atoms with Gasteiger partial charge < -0.3 is 5.11 Å². The second-order valence-corrected chi connectivity index (χ2v) is 6.09. The Kier molecular flexibility index (Phi) is 4.07. The quantitative estimate of drug-likeness (QED) is 0.775. The Bertz CT molecular complexity index is 357. The summed E-state index contributed by atoms with van der Waals surface area (Å²) in [5.74, 6) is 0. The fourth-order valence-corrected chi connectivity index (χ4v) is 2.66. The van der Waals surface area contributed by atoms with Gasteiger partial charge in [0, 0.05) is 13.1 Å². The highest BCUT2D eigenvalue weighted by molar-refractivity contribution is 7.87. The van der Waals surface area contributed by atoms with E-state index in [0.29, 0.717) is 0 Å². The molecule has 0 radical (unpaired) electrons. The largest absolute Gasteiger partial charge is 0.402 e. The lowest BCUT2D eigenvalue weighted by atomic mass is 9.95. The number of rotatable bonds is 3. The van der Waals surface area contributed by atoms with Gasteiger partial charge in [-0.2, -0.15) is 30.6 Å². The number of alkyl halides is 3. The zero-order valence-electron chi connectivity index (χ0n) is 9.29. The molecule has 9 heteroatoms. The summed E-state index contributed by atoms with van der Waals surface area (Å²) in [5, 5.41) is 9.60. The number of nitrogens with one attached hydrogen (secondary N) is 1. The van der Waals surface area contributed by atoms with Gasteiger partial charge in [0.25, 0.3) is 10.2 Å². The molecule has 1 fully saturated rings. The monoisotopic (exact) mass is 276 g/mol. The number of hydrogen-bond donors (Lipinski definition) is 2. The van der Waals surface area contributed by atoms with Crippen molar-refractivity contribution in [3.8, 4) is 0 Å². The van der Waals surface area contributed by atoms with E-state index in [2.05, 4.69) is 0 Å². The lowest BCUT2D eigenvalue weighted by molar-refractivity contribution is -0.121. The zero-order valence-corrected chi connectivity index (χ0v) is 10.1. The maximum atomic E-state index is 11.9. The topological polar surface area (TPSA) is 69.6 Å². The predicted molar refractivity (Wildman–Crippen MR) is 54.4 cm³/mol. The van der Waals surface area contributed by atoms with Crippen LogP contribution in [0.3, 0.4) is 0 Å². The van der Waals surface area contributed by atoms with E-state index in [0.717, 1.165) is 4.31 Å². The summed E-state index contributed by atoms with van der Waals surface area (Å²) in [6.45, 7) is 0.0166. The summed E-state index contributed by atoms with van der Waals surface area (Å²) in [5.41, 5.74) is -0.948. The van der Waals surface area contributed by atoms with Crippen LogP contribution in [0.15, 0.2) is 0 Å². The maximum Gasteiger partial charge on any atom is 0.402 e. The molecule has 0 spiro atoms. The first-order valence-corrected chi connectivity index (χ1v) is 6.50. The molecule has 1 aliphatic rings. The molecule has 1 saturated heterocycles. The van der Waals surface area contributed by atoms with Crippen LogP contribution >= 0.6 is 0 Å². The first-order chi connectivity index (χ1) is 7.52. The minimum absolute atomic E-state index is 0.0141. The van der Waals surface area contributed by atoms with E-state index in [1.54, 1.807) is 6.92 Å². The van der Waals surface area contributed by atoms with Crippen molar-refractivity contribution in [1.29, 1.82) is 0 Å². The Morgan fingerprint density at radius 2 is 1.82 bits per heavy atom. The van der Waals surface area contributed by atoms with Crippen LogP contribution in [0.2, 0.25) is 0 Å². The summed E-state index contributed by atoms with van der Waals surface area (Å²) >= 11 is 0. The fourth-order valence-electron chi connectivity index (χ4n) is 1.47. The van der Waals surface area contributed by atoms with E-state index in [1.807, 2.05) is 0 Å². The average molecular weight is 276 g/mol. The second kappa shape index (κ2) is 4.71. The van der Waals surface area contributed by atoms with Crippen molar-refractivity contribution in [1.82, 2.24) is 9.03 Å². The van der Waals surface area contributed by atoms with Crippen LogP contribution in [0.1, 0.15) is 19.8 Å². The second-order valence-electron chi connectivity index (χ2n) is 4.34. The highest BCUT2D eigenvalue weighted by atomic mass is 32.2. The van der Waals surface area contributed by atoms with E-state index in [-0.39, 0.29) is 25.9 Å². The van der Waals surface area contributed by atoms with Gasteiger partial charge in [-0.15, -0.1) is 0 Å². The molecule has 0 saturated carbocycles. The van der Waals surface area contributed by atoms with Crippen molar-refractivity contribution in [2.45, 2.75) is 31.5 Å². The molecular formula is C8H15F3N2O3S. The molecule has 0 aliphatic carbocycles. The minimum atomic E-state index is -4.58. The Morgan fingerprint density at radius 1 is 1.35 bits per heavy atom. The minimum Gasteiger partial charge on any atom is -0.390 e. The molecule has 0 unspecified atom stereocenters. The van der Waals surface area contributed by atoms with Crippen LogP contribution in [-0.4, -0.2) is 49.2 Å². The van der Waals surface area contributed by atoms with E-state index in [4.69, 9.17) is 0 Å². The molecule has 5 nitrogen and oxygen atoms in total. The van der Waals surface area contributed by atoms with E-state index >= 15 is 0 Å². The van der Waals surface area contributed by atoms with Crippen LogP contribution in [0.25, 0.3) is 0 Å². The highest BCUT2D eigenvalue weighted by Crippen LogP contribution is 2.23. The van der Waals surface area contributed by atoms with Crippen LogP contribution in [0.5, 0.6) is 0 Å². The van der Waals surface area contributed by atoms with E-state index < -0.39 is 28.5 Å². The Labute approximate surface area is 97.8 Å². The third kappa shape index (κ3) is 4.78. The molecule has 1 rings (SSSR count). The number of nitrogens with zero attached hydrogens (tertiary/aromatic N) is 1. The summed E-state index contributed by atoms with van der Waals surface area (Å²) < 4.78 is 61.0. The molecular weight excluding hydrogens is 261 g/mol. The molecule has 17 heavy (non-hydrogen) atoms. The molecule has 0 aromatic rings. The summed E-state index contributed by atoms with van der Waals surface area (Å²) in [6.07, 6.45) is -4.16. The third-order valence-electron chi connectivity index (χ3n) is 2.59. The van der Waals surface area contributed by atoms with Gasteiger partial charge in [-0.25, -0.2) is 0 Å². The molecule has 0 atom stereocenters. The van der Waals surface area contributed by atoms with Crippen molar-refractivity contribution in [2.24, 2.45) is 0 Å². The molecule has 0 amide bonds. The van der Waals surface area contributed by atoms with Gasteiger partial charge in [-0.1, -0.05) is 0 Å². The average Bonchev–Trinajstić information content (AvgIpc) is 2.13. The Hall–Kier alpha value is -0.380. The maximum absolute atomic E-state index is 11.9. The summed E-state index contributed by atoms with van der Waals surface area (Å²) in [4.78, 5) is 0. The van der Waals surface area contributed by atoms with Gasteiger partial charge in [0.1, 0.15) is 6.54 Å². The third-order valence-corrected chi connectivity index (χ3v) is 4.15. The first kappa shape index (κ1) is 14.7. The summed E-state index contributed by atoms with van der Waals surface area (Å²) in [7, 11) is -4.11. The number of hydrogen-bond acceptors (Lipinski definition) is 3. The van der Waals surface area contributed by atoms with Gasteiger partial charge >= 0.3 is 6.18 Å². The Morgan fingerprint density at radius 3 is 2.24 bits per heavy atom. The van der Waals surface area contributed by atoms with Crippen LogP contribution in [0.4, 0.5) is 13.2 Å².